The Labute approximate surface area is 203 Å². The van der Waals surface area contributed by atoms with Crippen LogP contribution in [0.25, 0.3) is 44.5 Å². The van der Waals surface area contributed by atoms with E-state index in [1.54, 1.807) is 0 Å². The zero-order chi connectivity index (χ0) is 23.3. The Balaban J connectivity index is 1.61. The van der Waals surface area contributed by atoms with E-state index in [-0.39, 0.29) is 0 Å². The van der Waals surface area contributed by atoms with E-state index in [1.807, 2.05) is 6.07 Å². The van der Waals surface area contributed by atoms with Gasteiger partial charge in [0.15, 0.2) is 12.4 Å². The number of fused-ring (bicyclic) bond motifs is 14. The van der Waals surface area contributed by atoms with Crippen molar-refractivity contribution in [3.05, 3.63) is 120 Å². The predicted octanol–water partition coefficient (Wildman–Crippen LogP) is 6.54. The SMILES string of the molecule is CC(C)c1ccc2[n+](c1)C1(c3ccccc3-c3cccc[n+]31)c1ccc3c(oc4ccccc43)c1-2. The van der Waals surface area contributed by atoms with Crippen molar-refractivity contribution in [2.45, 2.75) is 25.4 Å². The fourth-order valence-corrected chi connectivity index (χ4v) is 6.40. The molecule has 1 atom stereocenters. The molecule has 0 saturated carbocycles. The molecule has 3 aromatic heterocycles. The van der Waals surface area contributed by atoms with Gasteiger partial charge in [0.05, 0.1) is 5.56 Å². The van der Waals surface area contributed by atoms with Gasteiger partial charge >= 0.3 is 5.66 Å². The zero-order valence-corrected chi connectivity index (χ0v) is 19.7. The van der Waals surface area contributed by atoms with Gasteiger partial charge in [-0.25, -0.2) is 0 Å². The van der Waals surface area contributed by atoms with Crippen molar-refractivity contribution in [2.75, 3.05) is 0 Å². The second-order valence-electron chi connectivity index (χ2n) is 10.0. The monoisotopic (exact) mass is 452 g/mol. The van der Waals surface area contributed by atoms with Gasteiger partial charge < -0.3 is 4.42 Å². The molecule has 0 amide bonds. The number of nitrogens with zero attached hydrogens (tertiary/aromatic N) is 2. The Bertz CT molecular complexity index is 1800. The smallest absolute Gasteiger partial charge is 0.417 e. The third-order valence-corrected chi connectivity index (χ3v) is 7.95. The van der Waals surface area contributed by atoms with Gasteiger partial charge in [0.2, 0.25) is 11.4 Å². The molecule has 0 saturated heterocycles. The van der Waals surface area contributed by atoms with Crippen molar-refractivity contribution in [3.8, 4) is 22.5 Å². The molecule has 1 spiro atoms. The average Bonchev–Trinajstić information content (AvgIpc) is 3.52. The molecular weight excluding hydrogens is 428 g/mol. The first-order chi connectivity index (χ1) is 17.2. The van der Waals surface area contributed by atoms with Gasteiger partial charge in [-0.1, -0.05) is 44.2 Å². The number of benzene rings is 3. The van der Waals surface area contributed by atoms with Crippen LogP contribution in [0.5, 0.6) is 0 Å². The summed E-state index contributed by atoms with van der Waals surface area (Å²) >= 11 is 0. The van der Waals surface area contributed by atoms with Gasteiger partial charge in [-0.05, 0) is 48.4 Å². The molecule has 5 heterocycles. The van der Waals surface area contributed by atoms with E-state index >= 15 is 0 Å². The predicted molar refractivity (Wildman–Crippen MR) is 137 cm³/mol. The number of pyridine rings is 2. The molecule has 6 aromatic rings. The fraction of sp³-hybridized carbons (Fsp3) is 0.125. The zero-order valence-electron chi connectivity index (χ0n) is 19.7. The van der Waals surface area contributed by atoms with Gasteiger partial charge in [0, 0.05) is 34.5 Å². The molecule has 2 aliphatic heterocycles. The van der Waals surface area contributed by atoms with Crippen LogP contribution in [0.3, 0.4) is 0 Å². The standard InChI is InChI=1S/C32H24N2O/c1-20(2)21-14-17-28-30-26(16-15-23-22-9-4-6-13-29(22)35-31(23)30)32(34(28)19-21)25-11-5-3-10-24(25)27-12-7-8-18-33(27)32/h3-20H,1-2H3/q+2. The lowest BCUT2D eigenvalue weighted by atomic mass is 9.89. The highest BCUT2D eigenvalue weighted by Crippen LogP contribution is 2.50. The van der Waals surface area contributed by atoms with Crippen LogP contribution in [-0.4, -0.2) is 0 Å². The highest BCUT2D eigenvalue weighted by molar-refractivity contribution is 6.10. The van der Waals surface area contributed by atoms with E-state index in [1.165, 1.54) is 44.6 Å². The third-order valence-electron chi connectivity index (χ3n) is 7.95. The van der Waals surface area contributed by atoms with E-state index in [9.17, 15) is 0 Å². The lowest BCUT2D eigenvalue weighted by Gasteiger charge is -2.18. The summed E-state index contributed by atoms with van der Waals surface area (Å²) in [7, 11) is 0. The number of rotatable bonds is 1. The summed E-state index contributed by atoms with van der Waals surface area (Å²) in [6.45, 7) is 4.52. The Hall–Kier alpha value is -4.24. The molecule has 0 bridgehead atoms. The summed E-state index contributed by atoms with van der Waals surface area (Å²) in [5.41, 5.74) is 10.2. The first-order valence-corrected chi connectivity index (χ1v) is 12.3. The number of aromatic nitrogens is 2. The molecule has 166 valence electrons. The topological polar surface area (TPSA) is 20.9 Å². The Morgan fingerprint density at radius 3 is 2.43 bits per heavy atom. The van der Waals surface area contributed by atoms with Crippen LogP contribution in [-0.2, 0) is 5.66 Å². The fourth-order valence-electron chi connectivity index (χ4n) is 6.40. The third kappa shape index (κ3) is 2.17. The molecule has 35 heavy (non-hydrogen) atoms. The highest BCUT2D eigenvalue weighted by atomic mass is 16.3. The van der Waals surface area contributed by atoms with Crippen molar-refractivity contribution in [1.29, 1.82) is 0 Å². The first kappa shape index (κ1) is 19.1. The maximum Gasteiger partial charge on any atom is 0.417 e. The summed E-state index contributed by atoms with van der Waals surface area (Å²) in [5.74, 6) is 0.427. The van der Waals surface area contributed by atoms with E-state index in [0.717, 1.165) is 16.6 Å². The Morgan fingerprint density at radius 1 is 0.686 bits per heavy atom. The minimum absolute atomic E-state index is 0.427. The minimum Gasteiger partial charge on any atom is -0.455 e. The quantitative estimate of drug-likeness (QED) is 0.259. The molecule has 0 aliphatic carbocycles. The van der Waals surface area contributed by atoms with Crippen molar-refractivity contribution in [2.24, 2.45) is 0 Å². The number of hydrogen-bond donors (Lipinski definition) is 0. The maximum absolute atomic E-state index is 6.59. The van der Waals surface area contributed by atoms with E-state index < -0.39 is 5.66 Å². The normalized spacial score (nSPS) is 17.2. The van der Waals surface area contributed by atoms with Gasteiger partial charge in [-0.2, -0.15) is 0 Å². The Kier molecular flexibility index (Phi) is 3.52. The molecule has 0 N–H and O–H groups in total. The molecule has 3 heteroatoms. The van der Waals surface area contributed by atoms with Crippen molar-refractivity contribution in [1.82, 2.24) is 0 Å². The van der Waals surface area contributed by atoms with Crippen LogP contribution < -0.4 is 9.13 Å². The van der Waals surface area contributed by atoms with Crippen LogP contribution in [0.4, 0.5) is 0 Å². The van der Waals surface area contributed by atoms with Crippen LogP contribution in [0.15, 0.2) is 108 Å². The summed E-state index contributed by atoms with van der Waals surface area (Å²) in [6.07, 6.45) is 4.59. The number of hydrogen-bond acceptors (Lipinski definition) is 1. The van der Waals surface area contributed by atoms with Crippen LogP contribution in [0.1, 0.15) is 36.5 Å². The van der Waals surface area contributed by atoms with E-state index in [0.29, 0.717) is 5.92 Å². The highest BCUT2D eigenvalue weighted by Gasteiger charge is 2.67. The number of para-hydroxylation sites is 1. The largest absolute Gasteiger partial charge is 0.455 e. The molecular formula is C32H24N2O+2. The maximum atomic E-state index is 6.59. The Morgan fingerprint density at radius 2 is 1.51 bits per heavy atom. The summed E-state index contributed by atoms with van der Waals surface area (Å²) in [4.78, 5) is 0. The van der Waals surface area contributed by atoms with Gasteiger partial charge in [0.1, 0.15) is 27.9 Å². The molecule has 0 radical (unpaired) electrons. The molecule has 1 unspecified atom stereocenters. The summed E-state index contributed by atoms with van der Waals surface area (Å²) in [5, 5.41) is 2.33. The molecule has 8 rings (SSSR count). The van der Waals surface area contributed by atoms with Gasteiger partial charge in [-0.3, -0.25) is 0 Å². The lowest BCUT2D eigenvalue weighted by molar-refractivity contribution is -0.955. The van der Waals surface area contributed by atoms with E-state index in [2.05, 4.69) is 120 Å². The molecule has 3 aromatic carbocycles. The van der Waals surface area contributed by atoms with Crippen molar-refractivity contribution < 1.29 is 13.6 Å². The van der Waals surface area contributed by atoms with Gasteiger partial charge in [-0.15, -0.1) is 9.13 Å². The van der Waals surface area contributed by atoms with Crippen molar-refractivity contribution in [3.63, 3.8) is 0 Å². The summed E-state index contributed by atoms with van der Waals surface area (Å²) in [6, 6.07) is 32.9. The lowest BCUT2D eigenvalue weighted by Crippen LogP contribution is -2.71. The summed E-state index contributed by atoms with van der Waals surface area (Å²) < 4.78 is 11.5. The average molecular weight is 453 g/mol. The van der Waals surface area contributed by atoms with Crippen LogP contribution in [0, 0.1) is 0 Å². The number of furan rings is 1. The molecule has 3 nitrogen and oxygen atoms in total. The molecule has 2 aliphatic rings. The van der Waals surface area contributed by atoms with Crippen molar-refractivity contribution >= 4 is 21.9 Å². The first-order valence-electron chi connectivity index (χ1n) is 12.3. The minimum atomic E-state index is -0.504. The molecule has 0 fully saturated rings. The van der Waals surface area contributed by atoms with Gasteiger partial charge in [0.25, 0.3) is 0 Å². The second kappa shape index (κ2) is 6.45. The van der Waals surface area contributed by atoms with Crippen LogP contribution >= 0.6 is 0 Å². The van der Waals surface area contributed by atoms with E-state index in [4.69, 9.17) is 4.42 Å². The second-order valence-corrected chi connectivity index (χ2v) is 10.0. The van der Waals surface area contributed by atoms with Crippen LogP contribution in [0.2, 0.25) is 0 Å².